The molecule has 0 amide bonds. The second kappa shape index (κ2) is 6.12. The van der Waals surface area contributed by atoms with Gasteiger partial charge in [-0.05, 0) is 53.0 Å². The first-order valence-electron chi connectivity index (χ1n) is 6.51. The van der Waals surface area contributed by atoms with Gasteiger partial charge < -0.3 is 15.5 Å². The lowest BCUT2D eigenvalue weighted by Gasteiger charge is -2.36. The molecule has 1 heterocycles. The second-order valence-electron chi connectivity index (χ2n) is 6.01. The predicted molar refractivity (Wildman–Crippen MR) is 78.3 cm³/mol. The second-order valence-corrected chi connectivity index (χ2v) is 6.45. The largest absolute Gasteiger partial charge is 0.393 e. The zero-order valence-corrected chi connectivity index (χ0v) is 12.5. The van der Waals surface area contributed by atoms with Crippen molar-refractivity contribution < 1.29 is 0 Å². The minimum absolute atomic E-state index is 0.0188. The Morgan fingerprint density at radius 1 is 1.41 bits per heavy atom. The number of nitrogens with two attached hydrogens (primary N) is 1. The molecular weight excluding hydrogens is 230 g/mol. The van der Waals surface area contributed by atoms with Gasteiger partial charge in [-0.2, -0.15) is 0 Å². The third-order valence-corrected chi connectivity index (χ3v) is 4.62. The molecule has 1 aliphatic rings. The van der Waals surface area contributed by atoms with Crippen molar-refractivity contribution in [3.63, 3.8) is 0 Å². The fraction of sp³-hybridized carbons (Fsp3) is 0.923. The Hall–Kier alpha value is -0.190. The van der Waals surface area contributed by atoms with Crippen molar-refractivity contribution in [2.45, 2.75) is 39.2 Å². The van der Waals surface area contributed by atoms with Crippen LogP contribution in [0.5, 0.6) is 0 Å². The van der Waals surface area contributed by atoms with E-state index in [0.29, 0.717) is 4.99 Å². The maximum atomic E-state index is 5.76. The van der Waals surface area contributed by atoms with E-state index in [9.17, 15) is 0 Å². The van der Waals surface area contributed by atoms with E-state index in [-0.39, 0.29) is 5.41 Å². The summed E-state index contributed by atoms with van der Waals surface area (Å²) in [5.74, 6) is 0. The standard InChI is InChI=1S/C13H27N3S/c1-13(2,12(14)17)7-10-16(4)11-5-8-15(3)9-6-11/h11H,5-10H2,1-4H3,(H2,14,17). The maximum absolute atomic E-state index is 5.76. The summed E-state index contributed by atoms with van der Waals surface area (Å²) in [6.45, 7) is 7.79. The zero-order valence-electron chi connectivity index (χ0n) is 11.7. The molecule has 0 radical (unpaired) electrons. The molecule has 0 atom stereocenters. The topological polar surface area (TPSA) is 32.5 Å². The SMILES string of the molecule is CN1CCC(N(C)CCC(C)(C)C(N)=S)CC1. The molecule has 17 heavy (non-hydrogen) atoms. The van der Waals surface area contributed by atoms with Gasteiger partial charge >= 0.3 is 0 Å². The van der Waals surface area contributed by atoms with Crippen molar-refractivity contribution in [2.75, 3.05) is 33.7 Å². The predicted octanol–water partition coefficient (Wildman–Crippen LogP) is 1.71. The molecule has 0 aliphatic carbocycles. The lowest BCUT2D eigenvalue weighted by molar-refractivity contribution is 0.137. The fourth-order valence-electron chi connectivity index (χ4n) is 2.20. The Kier molecular flexibility index (Phi) is 5.35. The van der Waals surface area contributed by atoms with Crippen molar-refractivity contribution in [3.05, 3.63) is 0 Å². The van der Waals surface area contributed by atoms with Crippen LogP contribution in [0.3, 0.4) is 0 Å². The maximum Gasteiger partial charge on any atom is 0.0784 e. The lowest BCUT2D eigenvalue weighted by Crippen LogP contribution is -2.43. The van der Waals surface area contributed by atoms with Crippen molar-refractivity contribution >= 4 is 17.2 Å². The lowest BCUT2D eigenvalue weighted by atomic mass is 9.89. The Balaban J connectivity index is 2.34. The number of rotatable bonds is 5. The molecule has 2 N–H and O–H groups in total. The van der Waals surface area contributed by atoms with Crippen LogP contribution in [0, 0.1) is 5.41 Å². The molecule has 4 heteroatoms. The summed E-state index contributed by atoms with van der Waals surface area (Å²) >= 11 is 5.11. The van der Waals surface area contributed by atoms with E-state index in [1.807, 2.05) is 0 Å². The average Bonchev–Trinajstić information content (AvgIpc) is 2.27. The molecule has 1 fully saturated rings. The molecule has 100 valence electrons. The molecule has 3 nitrogen and oxygen atoms in total. The van der Waals surface area contributed by atoms with Gasteiger partial charge in [0, 0.05) is 11.5 Å². The van der Waals surface area contributed by atoms with Crippen LogP contribution in [0.4, 0.5) is 0 Å². The van der Waals surface area contributed by atoms with Crippen LogP contribution in [0.1, 0.15) is 33.1 Å². The molecule has 0 aromatic heterocycles. The number of hydrogen-bond donors (Lipinski definition) is 1. The minimum Gasteiger partial charge on any atom is -0.393 e. The van der Waals surface area contributed by atoms with Gasteiger partial charge in [0.1, 0.15) is 0 Å². The van der Waals surface area contributed by atoms with E-state index in [2.05, 4.69) is 37.7 Å². The first-order chi connectivity index (χ1) is 7.83. The molecule has 0 saturated carbocycles. The third kappa shape index (κ3) is 4.53. The number of thiocarbonyl (C=S) groups is 1. The summed E-state index contributed by atoms with van der Waals surface area (Å²) in [4.78, 5) is 5.52. The van der Waals surface area contributed by atoms with Gasteiger partial charge in [0.25, 0.3) is 0 Å². The molecule has 0 bridgehead atoms. The monoisotopic (exact) mass is 257 g/mol. The van der Waals surface area contributed by atoms with Crippen LogP contribution in [0.2, 0.25) is 0 Å². The Labute approximate surface area is 111 Å². The van der Waals surface area contributed by atoms with E-state index in [1.54, 1.807) is 0 Å². The molecule has 1 aliphatic heterocycles. The molecule has 0 unspecified atom stereocenters. The molecular formula is C13H27N3S. The number of hydrogen-bond acceptors (Lipinski definition) is 3. The minimum atomic E-state index is -0.0188. The van der Waals surface area contributed by atoms with E-state index in [0.717, 1.165) is 19.0 Å². The van der Waals surface area contributed by atoms with Crippen LogP contribution in [-0.4, -0.2) is 54.6 Å². The molecule has 0 aromatic carbocycles. The van der Waals surface area contributed by atoms with Gasteiger partial charge in [-0.3, -0.25) is 0 Å². The fourth-order valence-corrected chi connectivity index (χ4v) is 2.30. The van der Waals surface area contributed by atoms with Gasteiger partial charge in [0.2, 0.25) is 0 Å². The van der Waals surface area contributed by atoms with Crippen LogP contribution >= 0.6 is 12.2 Å². The van der Waals surface area contributed by atoms with E-state index >= 15 is 0 Å². The molecule has 1 saturated heterocycles. The quantitative estimate of drug-likeness (QED) is 0.760. The van der Waals surface area contributed by atoms with Crippen molar-refractivity contribution in [1.82, 2.24) is 9.80 Å². The van der Waals surface area contributed by atoms with Gasteiger partial charge in [-0.1, -0.05) is 26.1 Å². The average molecular weight is 257 g/mol. The highest BCUT2D eigenvalue weighted by atomic mass is 32.1. The van der Waals surface area contributed by atoms with Gasteiger partial charge in [0.15, 0.2) is 0 Å². The smallest absolute Gasteiger partial charge is 0.0784 e. The Morgan fingerprint density at radius 3 is 2.41 bits per heavy atom. The zero-order chi connectivity index (χ0) is 13.1. The number of piperidine rings is 1. The van der Waals surface area contributed by atoms with Crippen LogP contribution in [-0.2, 0) is 0 Å². The normalized spacial score (nSPS) is 19.8. The first-order valence-corrected chi connectivity index (χ1v) is 6.92. The summed E-state index contributed by atoms with van der Waals surface area (Å²) in [7, 11) is 4.43. The third-order valence-electron chi connectivity index (χ3n) is 4.07. The van der Waals surface area contributed by atoms with E-state index in [1.165, 1.54) is 25.9 Å². The summed E-state index contributed by atoms with van der Waals surface area (Å²) < 4.78 is 0. The van der Waals surface area contributed by atoms with E-state index < -0.39 is 0 Å². The van der Waals surface area contributed by atoms with Crippen LogP contribution < -0.4 is 5.73 Å². The molecule has 1 rings (SSSR count). The summed E-state index contributed by atoms with van der Waals surface area (Å²) in [5, 5.41) is 0. The van der Waals surface area contributed by atoms with Crippen LogP contribution in [0.25, 0.3) is 0 Å². The van der Waals surface area contributed by atoms with Crippen LogP contribution in [0.15, 0.2) is 0 Å². The highest BCUT2D eigenvalue weighted by Crippen LogP contribution is 2.22. The van der Waals surface area contributed by atoms with E-state index in [4.69, 9.17) is 18.0 Å². The molecule has 0 spiro atoms. The van der Waals surface area contributed by atoms with Gasteiger partial charge in [-0.15, -0.1) is 0 Å². The molecule has 0 aromatic rings. The highest BCUT2D eigenvalue weighted by Gasteiger charge is 2.25. The van der Waals surface area contributed by atoms with Gasteiger partial charge in [-0.25, -0.2) is 0 Å². The van der Waals surface area contributed by atoms with Crippen molar-refractivity contribution in [3.8, 4) is 0 Å². The Bertz CT molecular complexity index is 257. The number of likely N-dealkylation sites (tertiary alicyclic amines) is 1. The van der Waals surface area contributed by atoms with Gasteiger partial charge in [0.05, 0.1) is 4.99 Å². The summed E-state index contributed by atoms with van der Waals surface area (Å²) in [5.41, 5.74) is 5.74. The Morgan fingerprint density at radius 2 is 1.94 bits per heavy atom. The van der Waals surface area contributed by atoms with Crippen molar-refractivity contribution in [2.24, 2.45) is 11.1 Å². The summed E-state index contributed by atoms with van der Waals surface area (Å²) in [6, 6.07) is 0.730. The highest BCUT2D eigenvalue weighted by molar-refractivity contribution is 7.80. The van der Waals surface area contributed by atoms with Crippen molar-refractivity contribution in [1.29, 1.82) is 0 Å². The summed E-state index contributed by atoms with van der Waals surface area (Å²) in [6.07, 6.45) is 3.60. The first kappa shape index (κ1) is 14.9. The number of nitrogens with zero attached hydrogens (tertiary/aromatic N) is 2.